The summed E-state index contributed by atoms with van der Waals surface area (Å²) in [5, 5.41) is 21.7. The lowest BCUT2D eigenvalue weighted by atomic mass is 9.78. The number of fused-ring (bicyclic) bond motifs is 1. The van der Waals surface area contributed by atoms with Gasteiger partial charge in [-0.05, 0) is 98.8 Å². The summed E-state index contributed by atoms with van der Waals surface area (Å²) >= 11 is 0. The molecule has 49 heavy (non-hydrogen) atoms. The van der Waals surface area contributed by atoms with Crippen molar-refractivity contribution in [1.82, 2.24) is 20.9 Å². The van der Waals surface area contributed by atoms with E-state index in [0.717, 1.165) is 13.0 Å². The average molecular weight is 697 g/mol. The Balaban J connectivity index is 1.66. The highest BCUT2D eigenvalue weighted by Gasteiger charge is 2.57. The second-order valence-corrected chi connectivity index (χ2v) is 15.5. The number of carbonyl (C=O) groups excluding carboxylic acids is 3. The van der Waals surface area contributed by atoms with Crippen LogP contribution in [-0.4, -0.2) is 128 Å². The molecule has 1 aliphatic carbocycles. The van der Waals surface area contributed by atoms with E-state index in [-0.39, 0.29) is 29.9 Å². The highest BCUT2D eigenvalue weighted by Crippen LogP contribution is 2.39. The van der Waals surface area contributed by atoms with Crippen LogP contribution < -0.4 is 16.0 Å². The van der Waals surface area contributed by atoms with Gasteiger partial charge in [-0.2, -0.15) is 0 Å². The van der Waals surface area contributed by atoms with Crippen LogP contribution in [-0.2, 0) is 33.3 Å². The highest BCUT2D eigenvalue weighted by atomic mass is 16.7. The van der Waals surface area contributed by atoms with Gasteiger partial charge in [-0.3, -0.25) is 9.59 Å². The third-order valence-corrected chi connectivity index (χ3v) is 11.5. The number of nitrogens with one attached hydrogen (secondary N) is 3. The number of alkyl carbamates (subject to hydrolysis) is 1. The van der Waals surface area contributed by atoms with Crippen molar-refractivity contribution >= 4 is 17.8 Å². The van der Waals surface area contributed by atoms with Gasteiger partial charge < -0.3 is 49.6 Å². The molecule has 0 aromatic carbocycles. The summed E-state index contributed by atoms with van der Waals surface area (Å²) in [6.45, 7) is 14.4. The summed E-state index contributed by atoms with van der Waals surface area (Å²) in [5.74, 6) is -3.00. The molecule has 1 saturated carbocycles. The van der Waals surface area contributed by atoms with Crippen molar-refractivity contribution < 1.29 is 43.2 Å². The van der Waals surface area contributed by atoms with Crippen LogP contribution in [0.25, 0.3) is 0 Å². The van der Waals surface area contributed by atoms with E-state index in [0.29, 0.717) is 38.3 Å². The van der Waals surface area contributed by atoms with Crippen LogP contribution in [0.1, 0.15) is 93.4 Å². The minimum absolute atomic E-state index is 0.0326. The molecule has 1 amide bonds. The number of nitrogens with zero attached hydrogens (tertiary/aromatic N) is 1. The number of likely N-dealkylation sites (N-methyl/N-ethyl adjacent to an activating group) is 1. The summed E-state index contributed by atoms with van der Waals surface area (Å²) in [5.41, 5.74) is -2.12. The molecule has 0 aromatic rings. The number of Topliss-reactive ketones (excluding diaryl/α,β-unsaturated/α-hetero) is 1. The first kappa shape index (κ1) is 39.9. The number of ketones is 1. The van der Waals surface area contributed by atoms with Gasteiger partial charge in [0.05, 0.1) is 23.9 Å². The maximum absolute atomic E-state index is 14.3. The molecule has 4 N–H and O–H groups in total. The molecular formula is C36H64N4O9. The number of aliphatic hydroxyl groups is 1. The van der Waals surface area contributed by atoms with Crippen LogP contribution in [0.15, 0.2) is 0 Å². The SMILES string of the molecule is CC[C@H]1OC(=O)C(C)C(=O)[C@H](C)[C@@H](OC2OC(CCNC3CC3)CC(N(C)C)C2O)[C@](C)(OC)C[C@@H](C)CN[C@H](C)[C@H]2NC(=O)O[C@@]21CC. The number of esters is 1. The number of methoxy groups -OCH3 is 1. The molecule has 3 saturated heterocycles. The zero-order valence-corrected chi connectivity index (χ0v) is 31.5. The molecule has 13 nitrogen and oxygen atoms in total. The minimum atomic E-state index is -1.14. The number of ether oxygens (including phenoxy) is 5. The van der Waals surface area contributed by atoms with Crippen molar-refractivity contribution in [2.45, 2.75) is 159 Å². The van der Waals surface area contributed by atoms with Crippen molar-refractivity contribution in [3.8, 4) is 0 Å². The Morgan fingerprint density at radius 3 is 2.39 bits per heavy atom. The van der Waals surface area contributed by atoms with Crippen LogP contribution in [0.2, 0.25) is 0 Å². The fourth-order valence-corrected chi connectivity index (χ4v) is 8.27. The molecule has 4 fully saturated rings. The Bertz CT molecular complexity index is 1140. The largest absolute Gasteiger partial charge is 0.457 e. The van der Waals surface area contributed by atoms with Crippen molar-refractivity contribution in [1.29, 1.82) is 0 Å². The molecule has 3 aliphatic heterocycles. The van der Waals surface area contributed by atoms with Gasteiger partial charge in [-0.15, -0.1) is 0 Å². The van der Waals surface area contributed by atoms with E-state index < -0.39 is 65.7 Å². The summed E-state index contributed by atoms with van der Waals surface area (Å²) < 4.78 is 31.4. The van der Waals surface area contributed by atoms with Gasteiger partial charge in [-0.1, -0.05) is 27.7 Å². The van der Waals surface area contributed by atoms with Gasteiger partial charge in [0.25, 0.3) is 0 Å². The molecule has 5 unspecified atom stereocenters. The van der Waals surface area contributed by atoms with E-state index in [1.807, 2.05) is 46.7 Å². The first-order chi connectivity index (χ1) is 23.1. The first-order valence-electron chi connectivity index (χ1n) is 18.5. The van der Waals surface area contributed by atoms with Crippen molar-refractivity contribution in [2.24, 2.45) is 17.8 Å². The predicted molar refractivity (Wildman–Crippen MR) is 184 cm³/mol. The standard InChI is InChI=1S/C36H64N4O9/c1-11-27-36(12-2)30(39-34(44)49-36)23(6)38-19-20(3)18-35(7,45-10)31(21(4)28(41)22(5)32(43)47-27)48-33-29(42)26(40(8)9)17-25(46-33)15-16-37-24-13-14-24/h20-27,29-31,33,37-38,42H,11-19H2,1-10H3,(H,39,44)/t20-,21+,22?,23-,25?,26?,27-,29?,30-,31-,33?,35-,36-/m1/s1. The van der Waals surface area contributed by atoms with Crippen molar-refractivity contribution in [2.75, 3.05) is 34.3 Å². The Morgan fingerprint density at radius 2 is 1.80 bits per heavy atom. The number of cyclic esters (lactones) is 1. The summed E-state index contributed by atoms with van der Waals surface area (Å²) in [6, 6.07) is -0.347. The monoisotopic (exact) mass is 696 g/mol. The predicted octanol–water partition coefficient (Wildman–Crippen LogP) is 2.76. The number of hydrogen-bond donors (Lipinski definition) is 4. The second-order valence-electron chi connectivity index (χ2n) is 15.5. The molecule has 0 bridgehead atoms. The summed E-state index contributed by atoms with van der Waals surface area (Å²) in [4.78, 5) is 42.7. The number of rotatable bonds is 10. The molecule has 13 heteroatoms. The zero-order chi connectivity index (χ0) is 36.3. The Labute approximate surface area is 293 Å². The second kappa shape index (κ2) is 16.6. The van der Waals surface area contributed by atoms with E-state index in [1.165, 1.54) is 12.8 Å². The fourth-order valence-electron chi connectivity index (χ4n) is 8.27. The number of amides is 1. The average Bonchev–Trinajstić information content (AvgIpc) is 3.83. The van der Waals surface area contributed by atoms with Crippen molar-refractivity contribution in [3.05, 3.63) is 0 Å². The number of hydrogen-bond acceptors (Lipinski definition) is 12. The van der Waals surface area contributed by atoms with Crippen LogP contribution in [0, 0.1) is 17.8 Å². The Hall–Kier alpha value is -1.87. The molecule has 0 radical (unpaired) electrons. The number of aliphatic hydroxyl groups excluding tert-OH is 1. The van der Waals surface area contributed by atoms with Gasteiger partial charge in [0, 0.05) is 31.2 Å². The van der Waals surface area contributed by atoms with E-state index in [1.54, 1.807) is 21.0 Å². The molecular weight excluding hydrogens is 632 g/mol. The minimum Gasteiger partial charge on any atom is -0.457 e. The lowest BCUT2D eigenvalue weighted by Gasteiger charge is -2.47. The van der Waals surface area contributed by atoms with Crippen LogP contribution >= 0.6 is 0 Å². The van der Waals surface area contributed by atoms with Gasteiger partial charge in [-0.25, -0.2) is 4.79 Å². The lowest BCUT2D eigenvalue weighted by molar-refractivity contribution is -0.298. The van der Waals surface area contributed by atoms with E-state index in [9.17, 15) is 19.5 Å². The summed E-state index contributed by atoms with van der Waals surface area (Å²) in [7, 11) is 5.47. The van der Waals surface area contributed by atoms with Gasteiger partial charge in [0.2, 0.25) is 0 Å². The van der Waals surface area contributed by atoms with Crippen LogP contribution in [0.5, 0.6) is 0 Å². The quantitative estimate of drug-likeness (QED) is 0.196. The van der Waals surface area contributed by atoms with Gasteiger partial charge >= 0.3 is 12.1 Å². The molecule has 282 valence electrons. The van der Waals surface area contributed by atoms with Gasteiger partial charge in [0.1, 0.15) is 18.1 Å². The molecule has 0 spiro atoms. The van der Waals surface area contributed by atoms with Crippen LogP contribution in [0.3, 0.4) is 0 Å². The first-order valence-corrected chi connectivity index (χ1v) is 18.5. The fraction of sp³-hybridized carbons (Fsp3) is 0.917. The van der Waals surface area contributed by atoms with Crippen LogP contribution in [0.4, 0.5) is 4.79 Å². The highest BCUT2D eigenvalue weighted by molar-refractivity contribution is 6.00. The third-order valence-electron chi connectivity index (χ3n) is 11.5. The lowest BCUT2D eigenvalue weighted by Crippen LogP contribution is -2.61. The maximum Gasteiger partial charge on any atom is 0.408 e. The molecule has 4 aliphatic rings. The molecule has 4 rings (SSSR count). The molecule has 13 atom stereocenters. The van der Waals surface area contributed by atoms with Gasteiger partial charge in [0.15, 0.2) is 17.7 Å². The molecule has 3 heterocycles. The van der Waals surface area contributed by atoms with Crippen molar-refractivity contribution in [3.63, 3.8) is 0 Å². The smallest absolute Gasteiger partial charge is 0.408 e. The number of carbonyl (C=O) groups is 3. The van der Waals surface area contributed by atoms with E-state index in [2.05, 4.69) is 22.9 Å². The summed E-state index contributed by atoms with van der Waals surface area (Å²) in [6.07, 6.45) is 0.731. The Morgan fingerprint density at radius 1 is 1.10 bits per heavy atom. The van der Waals surface area contributed by atoms with E-state index in [4.69, 9.17) is 23.7 Å². The third kappa shape index (κ3) is 8.96. The maximum atomic E-state index is 14.3. The van der Waals surface area contributed by atoms with E-state index >= 15 is 0 Å². The Kier molecular flexibility index (Phi) is 13.6. The zero-order valence-electron chi connectivity index (χ0n) is 31.5. The topological polar surface area (TPSA) is 157 Å². The molecule has 0 aromatic heterocycles. The normalized spacial score (nSPS) is 42.9.